The van der Waals surface area contributed by atoms with E-state index >= 15 is 0 Å². The normalized spacial score (nSPS) is 19.3. The van der Waals surface area contributed by atoms with Gasteiger partial charge in [0.2, 0.25) is 11.3 Å². The van der Waals surface area contributed by atoms with Gasteiger partial charge in [-0.15, -0.1) is 0 Å². The molecule has 5 N–H and O–H groups in total. The Morgan fingerprint density at radius 2 is 1.52 bits per heavy atom. The van der Waals surface area contributed by atoms with Crippen LogP contribution in [-0.4, -0.2) is 83.5 Å². The second-order valence-corrected chi connectivity index (χ2v) is 17.1. The molecule has 5 aromatic rings. The van der Waals surface area contributed by atoms with Gasteiger partial charge in [-0.25, -0.2) is 4.79 Å². The van der Waals surface area contributed by atoms with E-state index in [0.29, 0.717) is 58.0 Å². The Morgan fingerprint density at radius 3 is 2.28 bits per heavy atom. The van der Waals surface area contributed by atoms with Crippen molar-refractivity contribution < 1.29 is 33.8 Å². The second kappa shape index (κ2) is 21.1. The number of aromatic nitrogens is 1. The lowest BCUT2D eigenvalue weighted by molar-refractivity contribution is -0.938. The number of benzene rings is 4. The second-order valence-electron chi connectivity index (χ2n) is 16.7. The maximum atomic E-state index is 13.7. The van der Waals surface area contributed by atoms with E-state index in [0.717, 1.165) is 94.1 Å². The van der Waals surface area contributed by atoms with Crippen molar-refractivity contribution in [2.45, 2.75) is 76.0 Å². The number of pyridine rings is 1. The number of carbonyl (C=O) groups is 2. The maximum Gasteiger partial charge on any atom is 0.408 e. The number of amides is 1. The Morgan fingerprint density at radius 1 is 0.820 bits per heavy atom. The molecule has 12 heteroatoms. The fourth-order valence-corrected chi connectivity index (χ4v) is 9.34. The van der Waals surface area contributed by atoms with Crippen LogP contribution in [0.2, 0.25) is 5.02 Å². The van der Waals surface area contributed by atoms with Crippen LogP contribution < -0.4 is 20.9 Å². The monoisotopic (exact) mass is 849 g/mol. The number of phenolic OH excluding ortho intramolecular Hbond substituents is 1. The van der Waals surface area contributed by atoms with E-state index in [1.807, 2.05) is 78.9 Å². The number of hydrogen-bond donors (Lipinski definition) is 5. The number of nitrogens with zero attached hydrogens (tertiary/aromatic N) is 1. The van der Waals surface area contributed by atoms with E-state index < -0.39 is 18.2 Å². The third-order valence-electron chi connectivity index (χ3n) is 12.4. The van der Waals surface area contributed by atoms with Crippen molar-refractivity contribution in [2.75, 3.05) is 45.9 Å². The van der Waals surface area contributed by atoms with Gasteiger partial charge in [0.05, 0.1) is 42.4 Å². The summed E-state index contributed by atoms with van der Waals surface area (Å²) in [6, 6.07) is 30.5. The molecule has 322 valence electrons. The lowest BCUT2D eigenvalue weighted by atomic mass is 9.83. The van der Waals surface area contributed by atoms with Gasteiger partial charge in [-0.2, -0.15) is 0 Å². The molecule has 0 saturated carbocycles. The molecular formula is C49H58ClN4O7+. The van der Waals surface area contributed by atoms with Crippen LogP contribution in [-0.2, 0) is 4.74 Å². The van der Waals surface area contributed by atoms with Crippen LogP contribution in [0.1, 0.15) is 97.0 Å². The Labute approximate surface area is 362 Å². The summed E-state index contributed by atoms with van der Waals surface area (Å²) >= 11 is 7.02. The molecule has 3 aliphatic heterocycles. The van der Waals surface area contributed by atoms with E-state index in [4.69, 9.17) is 21.1 Å². The molecule has 1 amide bonds. The summed E-state index contributed by atoms with van der Waals surface area (Å²) in [4.78, 5) is 41.2. The highest BCUT2D eigenvalue weighted by molar-refractivity contribution is 6.33. The number of piperidine rings is 3. The molecule has 3 fully saturated rings. The summed E-state index contributed by atoms with van der Waals surface area (Å²) < 4.78 is 13.0. The molecule has 1 aromatic heterocycles. The number of ether oxygens (including phenoxy) is 2. The Bertz CT molecular complexity index is 2280. The number of nitrogens with one attached hydrogen (secondary N) is 3. The highest BCUT2D eigenvalue weighted by atomic mass is 35.5. The summed E-state index contributed by atoms with van der Waals surface area (Å²) in [5.41, 5.74) is 3.01. The molecule has 0 spiro atoms. The first-order chi connectivity index (χ1) is 29.7. The van der Waals surface area contributed by atoms with Gasteiger partial charge in [-0.1, -0.05) is 123 Å². The number of ketones is 1. The minimum absolute atomic E-state index is 0.0208. The molecule has 11 nitrogen and oxygen atoms in total. The number of halogens is 1. The van der Waals surface area contributed by atoms with Crippen molar-refractivity contribution in [3.63, 3.8) is 0 Å². The van der Waals surface area contributed by atoms with Crippen molar-refractivity contribution in [3.05, 3.63) is 141 Å². The number of H-pyrrole nitrogens is 1. The zero-order valence-electron chi connectivity index (χ0n) is 34.7. The van der Waals surface area contributed by atoms with Gasteiger partial charge in [0.15, 0.2) is 6.10 Å². The molecule has 0 radical (unpaired) electrons. The van der Waals surface area contributed by atoms with Gasteiger partial charge in [-0.05, 0) is 48.7 Å². The van der Waals surface area contributed by atoms with Crippen molar-refractivity contribution in [1.29, 1.82) is 0 Å². The number of unbranched alkanes of at least 4 members (excludes halogenated alkanes) is 6. The van der Waals surface area contributed by atoms with Crippen LogP contribution in [0.3, 0.4) is 0 Å². The Hall–Kier alpha value is -5.20. The van der Waals surface area contributed by atoms with Crippen LogP contribution in [0.4, 0.5) is 4.79 Å². The number of hydrogen-bond acceptors (Lipinski definition) is 8. The van der Waals surface area contributed by atoms with Gasteiger partial charge in [0.25, 0.3) is 0 Å². The summed E-state index contributed by atoms with van der Waals surface area (Å²) in [5.74, 6) is 0.959. The van der Waals surface area contributed by atoms with Gasteiger partial charge < -0.3 is 39.8 Å². The molecule has 8 rings (SSSR count). The summed E-state index contributed by atoms with van der Waals surface area (Å²) in [6.07, 6.45) is 7.69. The number of aromatic amines is 1. The molecule has 3 saturated heterocycles. The zero-order chi connectivity index (χ0) is 42.6. The molecule has 61 heavy (non-hydrogen) atoms. The molecule has 0 aliphatic carbocycles. The van der Waals surface area contributed by atoms with Crippen LogP contribution in [0, 0.1) is 5.92 Å². The fraction of sp³-hybridized carbons (Fsp3) is 0.408. The predicted molar refractivity (Wildman–Crippen MR) is 238 cm³/mol. The number of rotatable bonds is 21. The number of aliphatic hydroxyl groups excluding tert-OH is 1. The van der Waals surface area contributed by atoms with Crippen LogP contribution in [0.15, 0.2) is 108 Å². The van der Waals surface area contributed by atoms with E-state index in [1.54, 1.807) is 12.1 Å². The number of aliphatic hydroxyl groups is 1. The first-order valence-corrected chi connectivity index (χ1v) is 22.2. The van der Waals surface area contributed by atoms with E-state index in [9.17, 15) is 24.6 Å². The van der Waals surface area contributed by atoms with E-state index in [1.165, 1.54) is 12.1 Å². The quantitative estimate of drug-likeness (QED) is 0.0280. The summed E-state index contributed by atoms with van der Waals surface area (Å²) in [5, 5.41) is 28.4. The highest BCUT2D eigenvalue weighted by Crippen LogP contribution is 2.38. The number of quaternary nitrogens is 1. The van der Waals surface area contributed by atoms with Crippen molar-refractivity contribution in [3.8, 4) is 11.5 Å². The maximum absolute atomic E-state index is 13.7. The number of alkyl carbamates (subject to hydrolysis) is 1. The van der Waals surface area contributed by atoms with Crippen molar-refractivity contribution in [1.82, 2.24) is 15.6 Å². The number of carbonyl (C=O) groups excluding carboxylic acids is 2. The Kier molecular flexibility index (Phi) is 15.1. The minimum Gasteiger partial charge on any atom is -0.506 e. The molecule has 4 heterocycles. The lowest BCUT2D eigenvalue weighted by Crippen LogP contribution is -2.66. The number of aromatic hydroxyl groups is 1. The summed E-state index contributed by atoms with van der Waals surface area (Å²) in [6.45, 7) is 4.58. The van der Waals surface area contributed by atoms with Crippen LogP contribution in [0.25, 0.3) is 10.9 Å². The predicted octanol–water partition coefficient (Wildman–Crippen LogP) is 8.63. The highest BCUT2D eigenvalue weighted by Gasteiger charge is 2.48. The molecule has 3 unspecified atom stereocenters. The standard InChI is InChI=1S/C49H57ClN4O7/c50-46-39(47(36-17-10-7-11-18-36)53-49(59)61-44-33-54(28-25-35(44)26-29-54)32-42(57)34-15-8-6-9-16-34)19-14-20-43(46)60-30-13-5-3-1-2-4-12-27-51-31-41(56)37-21-23-40(55)48-38(37)22-24-45(58)52-48/h6-11,14-24,35,41,44,47,51,56H,1-5,12-13,25-33H2,(H2-,52,53,55,58,59)/p+1. The van der Waals surface area contributed by atoms with Gasteiger partial charge >= 0.3 is 6.09 Å². The van der Waals surface area contributed by atoms with Gasteiger partial charge in [0.1, 0.15) is 24.6 Å². The van der Waals surface area contributed by atoms with E-state index in [2.05, 4.69) is 15.6 Å². The van der Waals surface area contributed by atoms with Gasteiger partial charge in [-0.3, -0.25) is 9.59 Å². The average Bonchev–Trinajstić information content (AvgIpc) is 3.27. The Balaban J connectivity index is 0.829. The first-order valence-electron chi connectivity index (χ1n) is 21.8. The third-order valence-corrected chi connectivity index (χ3v) is 12.8. The topological polar surface area (TPSA) is 150 Å². The van der Waals surface area contributed by atoms with E-state index in [-0.39, 0.29) is 29.1 Å². The third kappa shape index (κ3) is 11.4. The smallest absolute Gasteiger partial charge is 0.408 e. The molecule has 3 atom stereocenters. The minimum atomic E-state index is -0.764. The summed E-state index contributed by atoms with van der Waals surface area (Å²) in [7, 11) is 0. The SMILES string of the molecule is O=C(NC(c1ccccc1)c1cccc(OCCCCCCCCCNCC(O)c2ccc(O)c3[nH]c(=O)ccc23)c1Cl)OC1C[N+]2(CC(=O)c3ccccc3)CCC1CC2. The van der Waals surface area contributed by atoms with Crippen molar-refractivity contribution >= 4 is 34.4 Å². The van der Waals surface area contributed by atoms with Crippen LogP contribution in [0.5, 0.6) is 11.5 Å². The zero-order valence-corrected chi connectivity index (χ0v) is 35.5. The molecular weight excluding hydrogens is 792 g/mol. The lowest BCUT2D eigenvalue weighted by Gasteiger charge is -2.51. The van der Waals surface area contributed by atoms with Crippen molar-refractivity contribution in [2.24, 2.45) is 5.92 Å². The number of fused-ring (bicyclic) bond motifs is 4. The first kappa shape index (κ1) is 43.9. The fourth-order valence-electron chi connectivity index (χ4n) is 9.05. The number of phenols is 1. The van der Waals surface area contributed by atoms with Crippen LogP contribution >= 0.6 is 11.6 Å². The molecule has 3 aliphatic rings. The molecule has 4 aromatic carbocycles. The average molecular weight is 850 g/mol. The van der Waals surface area contributed by atoms with Gasteiger partial charge in [0, 0.05) is 47.9 Å². The number of Topliss-reactive ketones (excluding diaryl/α,β-unsaturated/α-hetero) is 1. The molecule has 2 bridgehead atoms. The largest absolute Gasteiger partial charge is 0.506 e.